The average Bonchev–Trinajstić information content (AvgIpc) is 2.97. The molecule has 4 rings (SSSR count). The first kappa shape index (κ1) is 29.1. The molecule has 1 fully saturated rings. The fourth-order valence-electron chi connectivity index (χ4n) is 4.03. The fraction of sp³-hybridized carbons (Fsp3) is 0.259. The Labute approximate surface area is 233 Å². The van der Waals surface area contributed by atoms with Crippen LogP contribution in [0.25, 0.3) is 0 Å². The zero-order valence-electron chi connectivity index (χ0n) is 22.3. The van der Waals surface area contributed by atoms with Crippen molar-refractivity contribution in [2.24, 2.45) is 20.7 Å². The Kier molecular flexibility index (Phi) is 8.92. The molecule has 2 aromatic rings. The maximum Gasteiger partial charge on any atom is 0.420 e. The summed E-state index contributed by atoms with van der Waals surface area (Å²) in [5.41, 5.74) is 6.41. The number of morpholine rings is 1. The van der Waals surface area contributed by atoms with Gasteiger partial charge >= 0.3 is 6.18 Å². The summed E-state index contributed by atoms with van der Waals surface area (Å²) in [5.74, 6) is -0.150. The van der Waals surface area contributed by atoms with Gasteiger partial charge in [0.15, 0.2) is 0 Å². The molecule has 2 aliphatic rings. The number of carbonyl (C=O) groups excluding carboxylic acids is 1. The summed E-state index contributed by atoms with van der Waals surface area (Å²) in [6.45, 7) is 5.90. The van der Waals surface area contributed by atoms with Crippen LogP contribution in [-0.2, 0) is 10.9 Å². The molecule has 2 aliphatic heterocycles. The fourth-order valence-corrected chi connectivity index (χ4v) is 4.03. The van der Waals surface area contributed by atoms with Gasteiger partial charge in [-0.1, -0.05) is 6.58 Å². The van der Waals surface area contributed by atoms with Gasteiger partial charge in [0, 0.05) is 30.5 Å². The van der Waals surface area contributed by atoms with Crippen LogP contribution >= 0.6 is 0 Å². The highest BCUT2D eigenvalue weighted by Crippen LogP contribution is 2.38. The second kappa shape index (κ2) is 12.6. The Bertz CT molecular complexity index is 1440. The number of methoxy groups -OCH3 is 2. The van der Waals surface area contributed by atoms with Crippen molar-refractivity contribution in [3.05, 3.63) is 71.8 Å². The number of nitrogens with two attached hydrogens (primary N) is 1. The van der Waals surface area contributed by atoms with E-state index in [1.165, 1.54) is 43.8 Å². The lowest BCUT2D eigenvalue weighted by atomic mass is 10.1. The molecule has 0 atom stereocenters. The lowest BCUT2D eigenvalue weighted by Crippen LogP contribution is -2.41. The molecule has 0 aromatic heterocycles. The number of anilines is 2. The topological polar surface area (TPSA) is 135 Å². The van der Waals surface area contributed by atoms with Crippen LogP contribution in [0.15, 0.2) is 75.7 Å². The molecule has 216 valence electrons. The number of benzene rings is 2. The van der Waals surface area contributed by atoms with Crippen LogP contribution in [-0.4, -0.2) is 69.2 Å². The number of allylic oxidation sites excluding steroid dienone is 1. The maximum absolute atomic E-state index is 13.4. The Balaban J connectivity index is 1.63. The monoisotopic (exact) mass is 571 g/mol. The SMILES string of the molecule is C=C/N=C1/C=NC(N2CCOCC2)=N/C1=C(/N)Nc1cc(C(=O)Nc2ccc(OC)c(C(F)(F)F)c2)ccc1OC. The summed E-state index contributed by atoms with van der Waals surface area (Å²) >= 11 is 0. The molecule has 41 heavy (non-hydrogen) atoms. The number of amides is 1. The minimum absolute atomic E-state index is 0.0631. The van der Waals surface area contributed by atoms with Gasteiger partial charge in [0.2, 0.25) is 5.96 Å². The van der Waals surface area contributed by atoms with E-state index < -0.39 is 17.6 Å². The first-order chi connectivity index (χ1) is 19.6. The van der Waals surface area contributed by atoms with E-state index in [9.17, 15) is 18.0 Å². The summed E-state index contributed by atoms with van der Waals surface area (Å²) in [6.07, 6.45) is -1.82. The summed E-state index contributed by atoms with van der Waals surface area (Å²) < 4.78 is 55.9. The second-order valence-electron chi connectivity index (χ2n) is 8.64. The summed E-state index contributed by atoms with van der Waals surface area (Å²) in [7, 11) is 2.57. The predicted molar refractivity (Wildman–Crippen MR) is 150 cm³/mol. The third kappa shape index (κ3) is 6.84. The Morgan fingerprint density at radius 1 is 1.12 bits per heavy atom. The van der Waals surface area contributed by atoms with Crippen LogP contribution in [0.3, 0.4) is 0 Å². The van der Waals surface area contributed by atoms with Gasteiger partial charge in [-0.3, -0.25) is 9.79 Å². The highest BCUT2D eigenvalue weighted by molar-refractivity contribution is 6.41. The lowest BCUT2D eigenvalue weighted by Gasteiger charge is -2.29. The summed E-state index contributed by atoms with van der Waals surface area (Å²) in [4.78, 5) is 28.1. The number of halogens is 3. The third-order valence-corrected chi connectivity index (χ3v) is 6.03. The normalized spacial score (nSPS) is 17.5. The Morgan fingerprint density at radius 3 is 2.49 bits per heavy atom. The third-order valence-electron chi connectivity index (χ3n) is 6.03. The van der Waals surface area contributed by atoms with Gasteiger partial charge in [0.1, 0.15) is 28.7 Å². The van der Waals surface area contributed by atoms with Crippen molar-refractivity contribution in [3.63, 3.8) is 0 Å². The average molecular weight is 572 g/mol. The standard InChI is InChI=1S/C27H28F3N7O4/c1-4-32-20-15-33-26(37-9-11-41-12-10-37)36-23(20)24(31)35-19-13-16(5-7-22(19)40-3)25(38)34-17-6-8-21(39-2)18(14-17)27(28,29)30/h4-8,13-15,35H,1,9-12,31H2,2-3H3,(H,34,38)/b24-23-,32-20-. The first-order valence-electron chi connectivity index (χ1n) is 12.3. The number of ether oxygens (including phenoxy) is 3. The number of carbonyl (C=O) groups is 1. The number of hydrogen-bond acceptors (Lipinski definition) is 10. The molecule has 0 spiro atoms. The van der Waals surface area contributed by atoms with E-state index in [0.29, 0.717) is 49.4 Å². The molecule has 2 heterocycles. The number of rotatable bonds is 7. The van der Waals surface area contributed by atoms with Gasteiger partial charge in [-0.15, -0.1) is 0 Å². The molecule has 0 unspecified atom stereocenters. The highest BCUT2D eigenvalue weighted by atomic mass is 19.4. The minimum atomic E-state index is -4.67. The van der Waals surface area contributed by atoms with E-state index in [2.05, 4.69) is 32.2 Å². The van der Waals surface area contributed by atoms with Gasteiger partial charge in [-0.25, -0.2) is 9.98 Å². The van der Waals surface area contributed by atoms with Crippen molar-refractivity contribution in [1.29, 1.82) is 0 Å². The van der Waals surface area contributed by atoms with Crippen LogP contribution in [0.5, 0.6) is 11.5 Å². The predicted octanol–water partition coefficient (Wildman–Crippen LogP) is 3.87. The number of aliphatic imine (C=N–C) groups is 3. The molecule has 0 aliphatic carbocycles. The van der Waals surface area contributed by atoms with E-state index in [-0.39, 0.29) is 28.5 Å². The number of alkyl halides is 3. The number of nitrogens with one attached hydrogen (secondary N) is 2. The molecule has 2 aromatic carbocycles. The molecular formula is C27H28F3N7O4. The molecule has 0 saturated carbocycles. The van der Waals surface area contributed by atoms with E-state index in [1.54, 1.807) is 0 Å². The smallest absolute Gasteiger partial charge is 0.420 e. The van der Waals surface area contributed by atoms with Gasteiger partial charge in [-0.2, -0.15) is 13.2 Å². The van der Waals surface area contributed by atoms with Crippen LogP contribution in [0.2, 0.25) is 0 Å². The Hall–Kier alpha value is -4.85. The van der Waals surface area contributed by atoms with Crippen molar-refractivity contribution in [1.82, 2.24) is 4.90 Å². The molecule has 14 heteroatoms. The molecular weight excluding hydrogens is 543 g/mol. The quantitative estimate of drug-likeness (QED) is 0.459. The van der Waals surface area contributed by atoms with E-state index >= 15 is 0 Å². The van der Waals surface area contributed by atoms with E-state index in [4.69, 9.17) is 19.9 Å². The van der Waals surface area contributed by atoms with Crippen molar-refractivity contribution < 1.29 is 32.2 Å². The number of nitrogens with zero attached hydrogens (tertiary/aromatic N) is 4. The highest BCUT2D eigenvalue weighted by Gasteiger charge is 2.34. The van der Waals surface area contributed by atoms with Crippen LogP contribution in [0.4, 0.5) is 24.5 Å². The summed E-state index contributed by atoms with van der Waals surface area (Å²) in [5, 5.41) is 5.48. The van der Waals surface area contributed by atoms with E-state index in [1.807, 2.05) is 4.90 Å². The molecule has 11 nitrogen and oxygen atoms in total. The van der Waals surface area contributed by atoms with Crippen LogP contribution < -0.4 is 25.8 Å². The van der Waals surface area contributed by atoms with Gasteiger partial charge in [-0.05, 0) is 36.4 Å². The Morgan fingerprint density at radius 2 is 1.83 bits per heavy atom. The van der Waals surface area contributed by atoms with Crippen molar-refractivity contribution in [2.75, 3.05) is 51.2 Å². The zero-order chi connectivity index (χ0) is 29.6. The minimum Gasteiger partial charge on any atom is -0.496 e. The molecule has 0 radical (unpaired) electrons. The zero-order valence-corrected chi connectivity index (χ0v) is 22.3. The maximum atomic E-state index is 13.4. The van der Waals surface area contributed by atoms with E-state index in [0.717, 1.165) is 19.2 Å². The molecule has 0 bridgehead atoms. The number of guanidine groups is 1. The first-order valence-corrected chi connectivity index (χ1v) is 12.3. The van der Waals surface area contributed by atoms with Crippen LogP contribution in [0, 0.1) is 0 Å². The molecule has 1 amide bonds. The van der Waals surface area contributed by atoms with Gasteiger partial charge < -0.3 is 35.5 Å². The van der Waals surface area contributed by atoms with Crippen molar-refractivity contribution in [3.8, 4) is 11.5 Å². The second-order valence-corrected chi connectivity index (χ2v) is 8.64. The molecule has 1 saturated heterocycles. The van der Waals surface area contributed by atoms with Gasteiger partial charge in [0.05, 0.1) is 44.9 Å². The lowest BCUT2D eigenvalue weighted by molar-refractivity contribution is -0.138. The van der Waals surface area contributed by atoms with Crippen molar-refractivity contribution >= 4 is 35.2 Å². The van der Waals surface area contributed by atoms with Crippen molar-refractivity contribution in [2.45, 2.75) is 6.18 Å². The van der Waals surface area contributed by atoms with Gasteiger partial charge in [0.25, 0.3) is 5.91 Å². The largest absolute Gasteiger partial charge is 0.496 e. The molecule has 4 N–H and O–H groups in total. The number of hydrogen-bond donors (Lipinski definition) is 3. The van der Waals surface area contributed by atoms with Crippen LogP contribution in [0.1, 0.15) is 15.9 Å². The summed E-state index contributed by atoms with van der Waals surface area (Å²) in [6, 6.07) is 7.68.